The molecule has 1 atom stereocenters. The first-order valence-corrected chi connectivity index (χ1v) is 7.92. The summed E-state index contributed by atoms with van der Waals surface area (Å²) in [5.41, 5.74) is 5.48. The van der Waals surface area contributed by atoms with E-state index in [1.165, 1.54) is 11.9 Å². The summed E-state index contributed by atoms with van der Waals surface area (Å²) in [7, 11) is 0. The lowest BCUT2D eigenvalue weighted by Crippen LogP contribution is -2.36. The Balaban J connectivity index is 1.64. The Kier molecular flexibility index (Phi) is 3.08. The van der Waals surface area contributed by atoms with Crippen LogP contribution in [0.3, 0.4) is 0 Å². The topological polar surface area (TPSA) is 78.3 Å². The molecule has 0 radical (unpaired) electrons. The van der Waals surface area contributed by atoms with E-state index < -0.39 is 0 Å². The lowest BCUT2D eigenvalue weighted by molar-refractivity contribution is 0.0892. The highest BCUT2D eigenvalue weighted by Crippen LogP contribution is 2.35. The highest BCUT2D eigenvalue weighted by atomic mass is 32.2. The lowest BCUT2D eigenvalue weighted by atomic mass is 10.0. The molecule has 22 heavy (non-hydrogen) atoms. The monoisotopic (exact) mass is 316 g/mol. The van der Waals surface area contributed by atoms with Crippen molar-refractivity contribution in [2.45, 2.75) is 26.3 Å². The molecule has 8 heteroatoms. The Bertz CT molecular complexity index is 776. The predicted molar refractivity (Wildman–Crippen MR) is 85.3 cm³/mol. The summed E-state index contributed by atoms with van der Waals surface area (Å²) in [5, 5.41) is 0.945. The second-order valence-corrected chi connectivity index (χ2v) is 6.71. The molecule has 0 spiro atoms. The first-order chi connectivity index (χ1) is 10.6. The summed E-state index contributed by atoms with van der Waals surface area (Å²) in [5.74, 6) is 0.709. The minimum absolute atomic E-state index is 0.140. The van der Waals surface area contributed by atoms with Crippen molar-refractivity contribution in [2.24, 2.45) is 4.99 Å². The number of imidazole rings is 1. The number of nitrogens with one attached hydrogen (secondary N) is 2. The zero-order valence-electron chi connectivity index (χ0n) is 12.3. The van der Waals surface area contributed by atoms with E-state index in [2.05, 4.69) is 31.9 Å². The van der Waals surface area contributed by atoms with Gasteiger partial charge in [-0.05, 0) is 25.8 Å². The van der Waals surface area contributed by atoms with Crippen molar-refractivity contribution in [3.8, 4) is 11.4 Å². The van der Waals surface area contributed by atoms with Gasteiger partial charge in [-0.2, -0.15) is 0 Å². The molecule has 0 saturated carbocycles. The summed E-state index contributed by atoms with van der Waals surface area (Å²) in [4.78, 5) is 24.5. The van der Waals surface area contributed by atoms with Gasteiger partial charge in [-0.15, -0.1) is 4.41 Å². The van der Waals surface area contributed by atoms with Crippen LogP contribution in [0.15, 0.2) is 23.6 Å². The largest absolute Gasteiger partial charge is 0.364 e. The molecule has 7 nitrogen and oxygen atoms in total. The minimum atomic E-state index is -0.140. The maximum atomic E-state index is 12.6. The van der Waals surface area contributed by atoms with E-state index >= 15 is 0 Å². The Labute approximate surface area is 131 Å². The molecule has 1 amide bonds. The van der Waals surface area contributed by atoms with Gasteiger partial charge in [0.2, 0.25) is 0 Å². The molecule has 0 aliphatic carbocycles. The van der Waals surface area contributed by atoms with Crippen LogP contribution in [0.5, 0.6) is 0 Å². The number of carbonyl (C=O) groups excluding carboxylic acids is 1. The van der Waals surface area contributed by atoms with Crippen LogP contribution in [-0.4, -0.2) is 36.6 Å². The third kappa shape index (κ3) is 2.06. The Morgan fingerprint density at radius 3 is 3.18 bits per heavy atom. The number of aromatic nitrogens is 3. The second-order valence-electron chi connectivity index (χ2n) is 5.50. The number of hydrogen-bond acceptors (Lipinski definition) is 5. The van der Waals surface area contributed by atoms with Crippen LogP contribution in [0.2, 0.25) is 0 Å². The number of aliphatic imine (C=N–C) groups is 1. The molecular formula is C14H16N6OS. The number of hydrogen-bond donors (Lipinski definition) is 2. The van der Waals surface area contributed by atoms with Gasteiger partial charge in [0.05, 0.1) is 16.2 Å². The molecule has 114 valence electrons. The normalized spacial score (nSPS) is 20.5. The second kappa shape index (κ2) is 4.99. The minimum Gasteiger partial charge on any atom is -0.364 e. The van der Waals surface area contributed by atoms with Crippen molar-refractivity contribution in [3.63, 3.8) is 0 Å². The third-order valence-corrected chi connectivity index (χ3v) is 4.78. The van der Waals surface area contributed by atoms with Gasteiger partial charge < -0.3 is 9.55 Å². The van der Waals surface area contributed by atoms with E-state index in [0.717, 1.165) is 28.5 Å². The van der Waals surface area contributed by atoms with Gasteiger partial charge >= 0.3 is 0 Å². The average molecular weight is 316 g/mol. The van der Waals surface area contributed by atoms with Crippen LogP contribution in [0.1, 0.15) is 35.9 Å². The molecule has 0 bridgehead atoms. The number of amides is 1. The number of fused-ring (bicyclic) bond motifs is 3. The summed E-state index contributed by atoms with van der Waals surface area (Å²) >= 11 is 1.44. The van der Waals surface area contributed by atoms with E-state index in [0.29, 0.717) is 18.3 Å². The first-order valence-electron chi connectivity index (χ1n) is 7.14. The smallest absolute Gasteiger partial charge is 0.268 e. The highest BCUT2D eigenvalue weighted by molar-refractivity contribution is 8.12. The molecule has 2 N–H and O–H groups in total. The number of carbonyl (C=O) groups is 1. The Morgan fingerprint density at radius 1 is 1.55 bits per heavy atom. The van der Waals surface area contributed by atoms with E-state index in [-0.39, 0.29) is 5.91 Å². The molecule has 4 heterocycles. The number of rotatable bonds is 2. The van der Waals surface area contributed by atoms with Crippen LogP contribution < -0.4 is 5.43 Å². The maximum Gasteiger partial charge on any atom is 0.268 e. The van der Waals surface area contributed by atoms with Crippen LogP contribution in [-0.2, 0) is 6.42 Å². The van der Waals surface area contributed by atoms with Crippen molar-refractivity contribution < 1.29 is 4.79 Å². The summed E-state index contributed by atoms with van der Waals surface area (Å²) < 4.78 is 3.85. The number of hydrazine groups is 1. The summed E-state index contributed by atoms with van der Waals surface area (Å²) in [6, 6.07) is 0.338. The SMILES string of the molecule is CC1=NCN(NC(=O)c2c[nH]c3c2-c2nccn2C(C)C3)S1. The van der Waals surface area contributed by atoms with Gasteiger partial charge in [-0.25, -0.2) is 4.98 Å². The maximum absolute atomic E-state index is 12.6. The first kappa shape index (κ1) is 13.6. The van der Waals surface area contributed by atoms with Gasteiger partial charge in [0.1, 0.15) is 12.5 Å². The van der Waals surface area contributed by atoms with E-state index in [1.54, 1.807) is 16.8 Å². The van der Waals surface area contributed by atoms with Crippen LogP contribution in [0.25, 0.3) is 11.4 Å². The van der Waals surface area contributed by atoms with Gasteiger partial charge in [-0.1, -0.05) is 0 Å². The van der Waals surface area contributed by atoms with E-state index in [4.69, 9.17) is 0 Å². The van der Waals surface area contributed by atoms with Gasteiger partial charge in [-0.3, -0.25) is 15.2 Å². The van der Waals surface area contributed by atoms with Gasteiger partial charge in [0, 0.05) is 36.7 Å². The third-order valence-electron chi connectivity index (χ3n) is 3.96. The van der Waals surface area contributed by atoms with Crippen molar-refractivity contribution >= 4 is 22.9 Å². The fourth-order valence-corrected chi connectivity index (χ4v) is 3.61. The van der Waals surface area contributed by atoms with E-state index in [9.17, 15) is 4.79 Å². The van der Waals surface area contributed by atoms with Gasteiger partial charge in [0.25, 0.3) is 5.91 Å². The number of aromatic amines is 1. The van der Waals surface area contributed by atoms with Crippen molar-refractivity contribution in [2.75, 3.05) is 6.67 Å². The van der Waals surface area contributed by atoms with Crippen LogP contribution in [0, 0.1) is 0 Å². The Morgan fingerprint density at radius 2 is 2.41 bits per heavy atom. The molecule has 1 unspecified atom stereocenters. The predicted octanol–water partition coefficient (Wildman–Crippen LogP) is 1.98. The molecule has 2 aliphatic rings. The van der Waals surface area contributed by atoms with Crippen LogP contribution >= 0.6 is 11.9 Å². The van der Waals surface area contributed by atoms with Crippen molar-refractivity contribution in [1.82, 2.24) is 24.4 Å². The molecule has 2 aromatic rings. The summed E-state index contributed by atoms with van der Waals surface area (Å²) in [6.07, 6.45) is 6.38. The molecule has 2 aromatic heterocycles. The van der Waals surface area contributed by atoms with E-state index in [1.807, 2.05) is 13.1 Å². The molecule has 4 rings (SSSR count). The Hall–Kier alpha value is -2.06. The molecule has 0 fully saturated rings. The zero-order valence-corrected chi connectivity index (χ0v) is 13.1. The zero-order chi connectivity index (χ0) is 15.3. The summed E-state index contributed by atoms with van der Waals surface area (Å²) in [6.45, 7) is 4.55. The fraction of sp³-hybridized carbons (Fsp3) is 0.357. The lowest BCUT2D eigenvalue weighted by Gasteiger charge is -2.22. The molecule has 2 aliphatic heterocycles. The molecule has 0 saturated heterocycles. The molecular weight excluding hydrogens is 300 g/mol. The van der Waals surface area contributed by atoms with Gasteiger partial charge in [0.15, 0.2) is 0 Å². The average Bonchev–Trinajstić information content (AvgIpc) is 3.17. The molecule has 0 aromatic carbocycles. The van der Waals surface area contributed by atoms with Crippen molar-refractivity contribution in [1.29, 1.82) is 0 Å². The van der Waals surface area contributed by atoms with Crippen LogP contribution in [0.4, 0.5) is 0 Å². The standard InChI is InChI=1S/C14H16N6OS/c1-8-5-11-12(13-15-3-4-19(8)13)10(6-16-11)14(21)18-20-7-17-9(2)22-20/h3-4,6,8,16H,5,7H2,1-2H3,(H,18,21). The fourth-order valence-electron chi connectivity index (χ4n) is 2.93. The highest BCUT2D eigenvalue weighted by Gasteiger charge is 2.29. The number of H-pyrrole nitrogens is 1. The van der Waals surface area contributed by atoms with Crippen molar-refractivity contribution in [3.05, 3.63) is 29.8 Å². The number of nitrogens with zero attached hydrogens (tertiary/aromatic N) is 4. The quantitative estimate of drug-likeness (QED) is 0.831.